The van der Waals surface area contributed by atoms with Crippen molar-refractivity contribution < 1.29 is 17.9 Å². The molecule has 2 rings (SSSR count). The zero-order valence-corrected chi connectivity index (χ0v) is 14.3. The Morgan fingerprint density at radius 3 is 2.64 bits per heavy atom. The van der Waals surface area contributed by atoms with Crippen molar-refractivity contribution in [2.24, 2.45) is 0 Å². The molecule has 22 heavy (non-hydrogen) atoms. The second-order valence-electron chi connectivity index (χ2n) is 4.47. The van der Waals surface area contributed by atoms with Gasteiger partial charge in [0.25, 0.3) is 0 Å². The molecule has 0 saturated heterocycles. The van der Waals surface area contributed by atoms with Gasteiger partial charge in [0.05, 0.1) is 7.11 Å². The molecule has 0 aliphatic rings. The summed E-state index contributed by atoms with van der Waals surface area (Å²) in [6.45, 7) is 1.68. The molecule has 0 amide bonds. The van der Waals surface area contributed by atoms with E-state index in [1.165, 1.54) is 18.6 Å². The minimum Gasteiger partial charge on any atom is -0.465 e. The van der Waals surface area contributed by atoms with Crippen molar-refractivity contribution in [3.05, 3.63) is 51.2 Å². The van der Waals surface area contributed by atoms with Gasteiger partial charge in [0.2, 0.25) is 10.0 Å². The third-order valence-electron chi connectivity index (χ3n) is 2.99. The van der Waals surface area contributed by atoms with Gasteiger partial charge in [0.15, 0.2) is 0 Å². The van der Waals surface area contributed by atoms with Crippen LogP contribution in [0.15, 0.2) is 40.6 Å². The predicted molar refractivity (Wildman–Crippen MR) is 85.8 cm³/mol. The lowest BCUT2D eigenvalue weighted by Crippen LogP contribution is -2.28. The molecule has 0 radical (unpaired) electrons. The van der Waals surface area contributed by atoms with E-state index >= 15 is 0 Å². The van der Waals surface area contributed by atoms with Crippen molar-refractivity contribution in [3.63, 3.8) is 0 Å². The third kappa shape index (κ3) is 3.49. The summed E-state index contributed by atoms with van der Waals surface area (Å²) in [6, 6.07) is 7.80. The van der Waals surface area contributed by atoms with Crippen LogP contribution in [0, 0.1) is 0 Å². The number of hydrogen-bond donors (Lipinski definition) is 1. The van der Waals surface area contributed by atoms with Crippen LogP contribution in [0.4, 0.5) is 0 Å². The van der Waals surface area contributed by atoms with Gasteiger partial charge in [-0.2, -0.15) is 0 Å². The monoisotopic (exact) mass is 359 g/mol. The summed E-state index contributed by atoms with van der Waals surface area (Å²) in [5.74, 6) is -0.680. The Morgan fingerprint density at radius 2 is 2.00 bits per heavy atom. The van der Waals surface area contributed by atoms with Crippen molar-refractivity contribution in [2.75, 3.05) is 7.11 Å². The minimum absolute atomic E-state index is 0.0429. The highest BCUT2D eigenvalue weighted by Gasteiger charge is 2.26. The molecule has 2 aromatic rings. The normalized spacial score (nSPS) is 12.9. The van der Waals surface area contributed by atoms with Crippen LogP contribution < -0.4 is 4.72 Å². The number of esters is 1. The molecule has 1 aromatic heterocycles. The van der Waals surface area contributed by atoms with Crippen LogP contribution in [0.2, 0.25) is 5.02 Å². The number of carbonyl (C=O) groups is 1. The van der Waals surface area contributed by atoms with Crippen molar-refractivity contribution in [1.29, 1.82) is 0 Å². The topological polar surface area (TPSA) is 72.5 Å². The van der Waals surface area contributed by atoms with Gasteiger partial charge in [0.1, 0.15) is 9.77 Å². The van der Waals surface area contributed by atoms with Crippen molar-refractivity contribution in [3.8, 4) is 0 Å². The first-order valence-corrected chi connectivity index (χ1v) is 9.03. The summed E-state index contributed by atoms with van der Waals surface area (Å²) >= 11 is 7.09. The highest BCUT2D eigenvalue weighted by molar-refractivity contribution is 7.89. The average molecular weight is 360 g/mol. The average Bonchev–Trinajstić information content (AvgIpc) is 2.96. The molecular formula is C14H14ClNO4S2. The highest BCUT2D eigenvalue weighted by Crippen LogP contribution is 2.27. The van der Waals surface area contributed by atoms with Crippen molar-refractivity contribution >= 4 is 38.9 Å². The van der Waals surface area contributed by atoms with Crippen LogP contribution in [-0.2, 0) is 14.8 Å². The maximum Gasteiger partial charge on any atom is 0.349 e. The van der Waals surface area contributed by atoms with E-state index in [4.69, 9.17) is 11.6 Å². The number of ether oxygens (including phenoxy) is 1. The fourth-order valence-electron chi connectivity index (χ4n) is 1.94. The molecule has 0 aliphatic carbocycles. The first-order valence-electron chi connectivity index (χ1n) is 6.29. The summed E-state index contributed by atoms with van der Waals surface area (Å²) in [5.41, 5.74) is 0.655. The second kappa shape index (κ2) is 6.78. The molecule has 0 aliphatic heterocycles. The Morgan fingerprint density at radius 1 is 1.32 bits per heavy atom. The third-order valence-corrected chi connectivity index (χ3v) is 5.94. The molecule has 8 heteroatoms. The van der Waals surface area contributed by atoms with Gasteiger partial charge >= 0.3 is 5.97 Å². The number of halogens is 1. The summed E-state index contributed by atoms with van der Waals surface area (Å²) in [5, 5.41) is 2.00. The lowest BCUT2D eigenvalue weighted by Gasteiger charge is -2.15. The molecule has 0 spiro atoms. The van der Waals surface area contributed by atoms with Gasteiger partial charge in [-0.1, -0.05) is 29.8 Å². The van der Waals surface area contributed by atoms with E-state index < -0.39 is 22.0 Å². The van der Waals surface area contributed by atoms with Crippen LogP contribution in [-0.4, -0.2) is 21.5 Å². The van der Waals surface area contributed by atoms with E-state index in [9.17, 15) is 13.2 Å². The summed E-state index contributed by atoms with van der Waals surface area (Å²) in [7, 11) is -2.66. The SMILES string of the molecule is COC(=O)c1sccc1S(=O)(=O)NC(C)c1ccccc1Cl. The van der Waals surface area contributed by atoms with Gasteiger partial charge in [-0.15, -0.1) is 11.3 Å². The molecule has 0 bridgehead atoms. The maximum atomic E-state index is 12.5. The highest BCUT2D eigenvalue weighted by atomic mass is 35.5. The first kappa shape index (κ1) is 17.0. The molecule has 118 valence electrons. The van der Waals surface area contributed by atoms with Crippen LogP contribution in [0.3, 0.4) is 0 Å². The van der Waals surface area contributed by atoms with E-state index in [1.54, 1.807) is 31.2 Å². The Balaban J connectivity index is 2.31. The first-order chi connectivity index (χ1) is 10.4. The quantitative estimate of drug-likeness (QED) is 0.832. The molecule has 1 atom stereocenters. The van der Waals surface area contributed by atoms with E-state index in [-0.39, 0.29) is 9.77 Å². The van der Waals surface area contributed by atoms with Gasteiger partial charge in [-0.3, -0.25) is 0 Å². The van der Waals surface area contributed by atoms with E-state index in [0.717, 1.165) is 11.3 Å². The van der Waals surface area contributed by atoms with Crippen molar-refractivity contribution in [1.82, 2.24) is 4.72 Å². The Bertz CT molecular complexity index is 786. The fourth-order valence-corrected chi connectivity index (χ4v) is 4.79. The zero-order valence-electron chi connectivity index (χ0n) is 11.9. The standard InChI is InChI=1S/C14H14ClNO4S2/c1-9(10-5-3-4-6-11(10)15)16-22(18,19)12-7-8-21-13(12)14(17)20-2/h3-9,16H,1-2H3. The minimum atomic E-state index is -3.87. The summed E-state index contributed by atoms with van der Waals surface area (Å²) < 4.78 is 32.1. The molecule has 0 saturated carbocycles. The molecular weight excluding hydrogens is 346 g/mol. The molecule has 1 N–H and O–H groups in total. The van der Waals surface area contributed by atoms with Crippen molar-refractivity contribution in [2.45, 2.75) is 17.9 Å². The number of hydrogen-bond acceptors (Lipinski definition) is 5. The largest absolute Gasteiger partial charge is 0.465 e. The second-order valence-corrected chi connectivity index (χ2v) is 7.48. The van der Waals surface area contributed by atoms with Crippen LogP contribution in [0.5, 0.6) is 0 Å². The zero-order chi connectivity index (χ0) is 16.3. The van der Waals surface area contributed by atoms with Crippen LogP contribution >= 0.6 is 22.9 Å². The summed E-state index contributed by atoms with van der Waals surface area (Å²) in [4.78, 5) is 11.6. The van der Waals surface area contributed by atoms with Crippen LogP contribution in [0.1, 0.15) is 28.2 Å². The number of methoxy groups -OCH3 is 1. The Labute approximate surface area is 137 Å². The number of carbonyl (C=O) groups excluding carboxylic acids is 1. The summed E-state index contributed by atoms with van der Waals surface area (Å²) in [6.07, 6.45) is 0. The Hall–Kier alpha value is -1.41. The fraction of sp³-hybridized carbons (Fsp3) is 0.214. The van der Waals surface area contributed by atoms with Gasteiger partial charge < -0.3 is 4.74 Å². The number of thiophene rings is 1. The van der Waals surface area contributed by atoms with Crippen LogP contribution in [0.25, 0.3) is 0 Å². The smallest absolute Gasteiger partial charge is 0.349 e. The lowest BCUT2D eigenvalue weighted by atomic mass is 10.1. The van der Waals surface area contributed by atoms with E-state index in [1.807, 2.05) is 0 Å². The molecule has 1 aromatic carbocycles. The lowest BCUT2D eigenvalue weighted by molar-refractivity contribution is 0.0602. The molecule has 5 nitrogen and oxygen atoms in total. The Kier molecular flexibility index (Phi) is 5.23. The molecule has 1 unspecified atom stereocenters. The number of sulfonamides is 1. The molecule has 0 fully saturated rings. The number of rotatable bonds is 5. The van der Waals surface area contributed by atoms with E-state index in [0.29, 0.717) is 10.6 Å². The molecule has 1 heterocycles. The van der Waals surface area contributed by atoms with Gasteiger partial charge in [-0.25, -0.2) is 17.9 Å². The van der Waals surface area contributed by atoms with Gasteiger partial charge in [-0.05, 0) is 30.0 Å². The van der Waals surface area contributed by atoms with E-state index in [2.05, 4.69) is 9.46 Å². The van der Waals surface area contributed by atoms with Gasteiger partial charge in [0, 0.05) is 11.1 Å². The maximum absolute atomic E-state index is 12.5. The number of nitrogens with one attached hydrogen (secondary N) is 1. The number of benzene rings is 1. The predicted octanol–water partition coefficient (Wildman–Crippen LogP) is 3.23.